The van der Waals surface area contributed by atoms with E-state index in [0.29, 0.717) is 25.0 Å². The van der Waals surface area contributed by atoms with E-state index in [1.165, 1.54) is 6.42 Å². The molecular weight excluding hydrogens is 370 g/mol. The van der Waals surface area contributed by atoms with Gasteiger partial charge in [-0.25, -0.2) is 0 Å². The normalized spacial score (nSPS) is 29.9. The van der Waals surface area contributed by atoms with Gasteiger partial charge in [0.2, 0.25) is 11.8 Å². The molecule has 3 aliphatic heterocycles. The molecule has 5 nitrogen and oxygen atoms in total. The first-order valence-electron chi connectivity index (χ1n) is 8.74. The number of amides is 2. The van der Waals surface area contributed by atoms with Crippen LogP contribution >= 0.6 is 15.9 Å². The van der Waals surface area contributed by atoms with E-state index in [4.69, 9.17) is 0 Å². The van der Waals surface area contributed by atoms with E-state index in [9.17, 15) is 9.59 Å². The minimum atomic E-state index is -0.520. The highest BCUT2D eigenvalue weighted by molar-refractivity contribution is 9.10. The van der Waals surface area contributed by atoms with Crippen LogP contribution in [0.2, 0.25) is 0 Å². The van der Waals surface area contributed by atoms with Gasteiger partial charge in [0.25, 0.3) is 0 Å². The molecule has 0 spiro atoms. The number of benzene rings is 1. The number of carbonyl (C=O) groups is 2. The van der Waals surface area contributed by atoms with Crippen molar-refractivity contribution in [2.75, 3.05) is 24.5 Å². The third-order valence-corrected chi connectivity index (χ3v) is 6.15. The standard InChI is InChI=1S/C18H22BrN3O2/c19-15-3-1-2-4-16(15)22-10-8-14(18(22)24)17(23)21-9-7-12-5-6-13(11-21)20-12/h1-4,12-14,20H,5-11H2. The first kappa shape index (κ1) is 16.1. The molecule has 0 saturated carbocycles. The fraction of sp³-hybridized carbons (Fsp3) is 0.556. The lowest BCUT2D eigenvalue weighted by Crippen LogP contribution is -2.44. The third kappa shape index (κ3) is 2.86. The highest BCUT2D eigenvalue weighted by Gasteiger charge is 2.41. The van der Waals surface area contributed by atoms with E-state index >= 15 is 0 Å². The van der Waals surface area contributed by atoms with Crippen LogP contribution in [-0.2, 0) is 9.59 Å². The molecule has 3 aliphatic rings. The lowest BCUT2D eigenvalue weighted by molar-refractivity contribution is -0.140. The van der Waals surface area contributed by atoms with Crippen LogP contribution in [0.3, 0.4) is 0 Å². The van der Waals surface area contributed by atoms with Crippen LogP contribution in [-0.4, -0.2) is 48.4 Å². The lowest BCUT2D eigenvalue weighted by atomic mass is 10.0. The number of hydrogen-bond acceptors (Lipinski definition) is 3. The summed E-state index contributed by atoms with van der Waals surface area (Å²) in [5.74, 6) is -0.563. The summed E-state index contributed by atoms with van der Waals surface area (Å²) in [6.45, 7) is 2.12. The van der Waals surface area contributed by atoms with Crippen molar-refractivity contribution in [2.24, 2.45) is 5.92 Å². The zero-order valence-electron chi connectivity index (χ0n) is 13.6. The molecular formula is C18H22BrN3O2. The molecule has 1 aromatic carbocycles. The van der Waals surface area contributed by atoms with Gasteiger partial charge in [-0.1, -0.05) is 12.1 Å². The summed E-state index contributed by atoms with van der Waals surface area (Å²) in [5, 5.41) is 3.59. The van der Waals surface area contributed by atoms with Gasteiger partial charge in [0.1, 0.15) is 5.92 Å². The van der Waals surface area contributed by atoms with E-state index in [0.717, 1.165) is 36.1 Å². The van der Waals surface area contributed by atoms with Gasteiger partial charge >= 0.3 is 0 Å². The molecule has 6 heteroatoms. The number of rotatable bonds is 2. The van der Waals surface area contributed by atoms with Crippen LogP contribution in [0, 0.1) is 5.92 Å². The van der Waals surface area contributed by atoms with Crippen molar-refractivity contribution in [3.05, 3.63) is 28.7 Å². The van der Waals surface area contributed by atoms with E-state index in [2.05, 4.69) is 21.2 Å². The maximum atomic E-state index is 12.9. The minimum absolute atomic E-state index is 0.0175. The van der Waals surface area contributed by atoms with Crippen molar-refractivity contribution in [1.82, 2.24) is 10.2 Å². The maximum Gasteiger partial charge on any atom is 0.239 e. The van der Waals surface area contributed by atoms with Crippen molar-refractivity contribution in [3.63, 3.8) is 0 Å². The van der Waals surface area contributed by atoms with Crippen LogP contribution in [0.25, 0.3) is 0 Å². The summed E-state index contributed by atoms with van der Waals surface area (Å²) >= 11 is 3.50. The molecule has 2 amide bonds. The number of nitrogens with one attached hydrogen (secondary N) is 1. The first-order chi connectivity index (χ1) is 11.6. The highest BCUT2D eigenvalue weighted by Crippen LogP contribution is 2.32. The Bertz CT molecular complexity index is 665. The molecule has 3 heterocycles. The van der Waals surface area contributed by atoms with Crippen molar-refractivity contribution >= 4 is 33.4 Å². The summed E-state index contributed by atoms with van der Waals surface area (Å²) in [5.41, 5.74) is 0.856. The van der Waals surface area contributed by atoms with E-state index in [-0.39, 0.29) is 11.8 Å². The second-order valence-electron chi connectivity index (χ2n) is 6.99. The van der Waals surface area contributed by atoms with E-state index in [1.54, 1.807) is 4.90 Å². The van der Waals surface area contributed by atoms with Gasteiger partial charge in [0.15, 0.2) is 0 Å². The van der Waals surface area contributed by atoms with Gasteiger partial charge < -0.3 is 15.1 Å². The summed E-state index contributed by atoms with van der Waals surface area (Å²) in [6, 6.07) is 8.63. The van der Waals surface area contributed by atoms with Crippen molar-refractivity contribution in [3.8, 4) is 0 Å². The molecule has 3 unspecified atom stereocenters. The first-order valence-corrected chi connectivity index (χ1v) is 9.53. The number of anilines is 1. The quantitative estimate of drug-likeness (QED) is 0.785. The Hall–Kier alpha value is -1.40. The lowest BCUT2D eigenvalue weighted by Gasteiger charge is -2.26. The molecule has 2 bridgehead atoms. The fourth-order valence-electron chi connectivity index (χ4n) is 4.18. The molecule has 3 fully saturated rings. The fourth-order valence-corrected chi connectivity index (χ4v) is 4.68. The van der Waals surface area contributed by atoms with Crippen LogP contribution in [0.4, 0.5) is 5.69 Å². The van der Waals surface area contributed by atoms with Crippen LogP contribution < -0.4 is 10.2 Å². The highest BCUT2D eigenvalue weighted by atomic mass is 79.9. The van der Waals surface area contributed by atoms with Gasteiger partial charge in [0.05, 0.1) is 5.69 Å². The molecule has 1 N–H and O–H groups in total. The predicted octanol–water partition coefficient (Wildman–Crippen LogP) is 2.15. The Morgan fingerprint density at radius 2 is 1.88 bits per heavy atom. The number of likely N-dealkylation sites (tertiary alicyclic amines) is 1. The Morgan fingerprint density at radius 3 is 2.71 bits per heavy atom. The predicted molar refractivity (Wildman–Crippen MR) is 95.7 cm³/mol. The van der Waals surface area contributed by atoms with Gasteiger partial charge in [-0.15, -0.1) is 0 Å². The summed E-state index contributed by atoms with van der Waals surface area (Å²) in [4.78, 5) is 29.4. The Morgan fingerprint density at radius 1 is 1.08 bits per heavy atom. The van der Waals surface area contributed by atoms with Crippen molar-refractivity contribution in [1.29, 1.82) is 0 Å². The largest absolute Gasteiger partial charge is 0.340 e. The van der Waals surface area contributed by atoms with Gasteiger partial charge in [-0.05, 0) is 53.7 Å². The van der Waals surface area contributed by atoms with Crippen LogP contribution in [0.15, 0.2) is 28.7 Å². The third-order valence-electron chi connectivity index (χ3n) is 5.48. The Kier molecular flexibility index (Phi) is 4.35. The van der Waals surface area contributed by atoms with E-state index in [1.807, 2.05) is 29.2 Å². The second-order valence-corrected chi connectivity index (χ2v) is 7.85. The molecule has 3 saturated heterocycles. The van der Waals surface area contributed by atoms with Gasteiger partial charge in [-0.2, -0.15) is 0 Å². The number of hydrogen-bond donors (Lipinski definition) is 1. The summed E-state index contributed by atoms with van der Waals surface area (Å²) in [7, 11) is 0. The Labute approximate surface area is 150 Å². The van der Waals surface area contributed by atoms with Crippen LogP contribution in [0.1, 0.15) is 25.7 Å². The summed E-state index contributed by atoms with van der Waals surface area (Å²) in [6.07, 6.45) is 3.95. The molecule has 128 valence electrons. The smallest absolute Gasteiger partial charge is 0.239 e. The SMILES string of the molecule is O=C(C1CCN(c2ccccc2Br)C1=O)N1CCC2CCC(C1)N2. The van der Waals surface area contributed by atoms with Crippen LogP contribution in [0.5, 0.6) is 0 Å². The molecule has 0 radical (unpaired) electrons. The monoisotopic (exact) mass is 391 g/mol. The number of halogens is 1. The second kappa shape index (κ2) is 6.48. The van der Waals surface area contributed by atoms with Gasteiger partial charge in [-0.3, -0.25) is 9.59 Å². The average Bonchev–Trinajstić information content (AvgIpc) is 3.10. The summed E-state index contributed by atoms with van der Waals surface area (Å²) < 4.78 is 0.891. The zero-order chi connectivity index (χ0) is 16.7. The molecule has 0 aromatic heterocycles. The number of nitrogens with zero attached hydrogens (tertiary/aromatic N) is 2. The molecule has 0 aliphatic carbocycles. The molecule has 1 aromatic rings. The Balaban J connectivity index is 1.48. The topological polar surface area (TPSA) is 52.7 Å². The van der Waals surface area contributed by atoms with Crippen molar-refractivity contribution in [2.45, 2.75) is 37.8 Å². The number of para-hydroxylation sites is 1. The zero-order valence-corrected chi connectivity index (χ0v) is 15.2. The average molecular weight is 392 g/mol. The van der Waals surface area contributed by atoms with E-state index < -0.39 is 5.92 Å². The van der Waals surface area contributed by atoms with Crippen molar-refractivity contribution < 1.29 is 9.59 Å². The maximum absolute atomic E-state index is 12.9. The molecule has 4 rings (SSSR count). The number of carbonyl (C=O) groups excluding carboxylic acids is 2. The minimum Gasteiger partial charge on any atom is -0.340 e. The molecule has 3 atom stereocenters. The van der Waals surface area contributed by atoms with Gasteiger partial charge in [0, 0.05) is 36.2 Å². The molecule has 24 heavy (non-hydrogen) atoms. The number of fused-ring (bicyclic) bond motifs is 2.